The van der Waals surface area contributed by atoms with E-state index in [1.807, 2.05) is 30.3 Å². The molecule has 0 aliphatic rings. The Hall–Kier alpha value is -2.67. The summed E-state index contributed by atoms with van der Waals surface area (Å²) in [7, 11) is 0. The Labute approximate surface area is 182 Å². The quantitative estimate of drug-likeness (QED) is 0.298. The first kappa shape index (κ1) is 19.6. The Morgan fingerprint density at radius 2 is 1.79 bits per heavy atom. The molecule has 0 spiro atoms. The van der Waals surface area contributed by atoms with E-state index in [1.54, 1.807) is 6.07 Å². The molecule has 0 aliphatic heterocycles. The monoisotopic (exact) mass is 497 g/mol. The second-order valence-electron chi connectivity index (χ2n) is 6.99. The number of fused-ring (bicyclic) bond motifs is 1. The first-order valence-corrected chi connectivity index (χ1v) is 10.7. The number of hydrogen-bond donors (Lipinski definition) is 1. The SMILES string of the molecule is CCCCc1ccc(-c2ccc(-c3cc(C(=O)O)c4cc(I)ccc4n3)o2)cc1. The molecule has 2 aromatic heterocycles. The molecule has 2 aromatic carbocycles. The fraction of sp³-hybridized carbons (Fsp3) is 0.167. The lowest BCUT2D eigenvalue weighted by Gasteiger charge is -2.06. The molecule has 2 heterocycles. The van der Waals surface area contributed by atoms with Gasteiger partial charge in [0.15, 0.2) is 5.76 Å². The number of aromatic nitrogens is 1. The smallest absolute Gasteiger partial charge is 0.336 e. The molecule has 4 nitrogen and oxygen atoms in total. The van der Waals surface area contributed by atoms with Crippen LogP contribution in [0.3, 0.4) is 0 Å². The maximum Gasteiger partial charge on any atom is 0.336 e. The van der Waals surface area contributed by atoms with E-state index in [9.17, 15) is 9.90 Å². The summed E-state index contributed by atoms with van der Waals surface area (Å²) in [4.78, 5) is 16.4. The van der Waals surface area contributed by atoms with Gasteiger partial charge in [0.25, 0.3) is 0 Å². The van der Waals surface area contributed by atoms with Crippen molar-refractivity contribution in [3.05, 3.63) is 75.4 Å². The molecule has 29 heavy (non-hydrogen) atoms. The summed E-state index contributed by atoms with van der Waals surface area (Å²) in [6.07, 6.45) is 3.44. The van der Waals surface area contributed by atoms with Crippen molar-refractivity contribution in [3.63, 3.8) is 0 Å². The Morgan fingerprint density at radius 3 is 2.52 bits per heavy atom. The third-order valence-corrected chi connectivity index (χ3v) is 5.59. The molecule has 0 radical (unpaired) electrons. The number of furan rings is 1. The zero-order valence-corrected chi connectivity index (χ0v) is 18.1. The highest BCUT2D eigenvalue weighted by Gasteiger charge is 2.16. The molecule has 0 fully saturated rings. The fourth-order valence-corrected chi connectivity index (χ4v) is 3.84. The van der Waals surface area contributed by atoms with Crippen molar-refractivity contribution in [2.45, 2.75) is 26.2 Å². The predicted octanol–water partition coefficient (Wildman–Crippen LogP) is 6.81. The van der Waals surface area contributed by atoms with E-state index in [-0.39, 0.29) is 5.56 Å². The number of aryl methyl sites for hydroxylation is 1. The Balaban J connectivity index is 1.70. The summed E-state index contributed by atoms with van der Waals surface area (Å²) in [6.45, 7) is 2.19. The molecule has 0 aliphatic carbocycles. The fourth-order valence-electron chi connectivity index (χ4n) is 3.35. The van der Waals surface area contributed by atoms with E-state index in [2.05, 4.69) is 58.8 Å². The van der Waals surface area contributed by atoms with Crippen LogP contribution in [0.5, 0.6) is 0 Å². The molecular weight excluding hydrogens is 477 g/mol. The van der Waals surface area contributed by atoms with Crippen molar-refractivity contribution in [1.82, 2.24) is 4.98 Å². The first-order chi connectivity index (χ1) is 14.0. The number of hydrogen-bond acceptors (Lipinski definition) is 3. The molecule has 146 valence electrons. The zero-order valence-electron chi connectivity index (χ0n) is 16.0. The maximum atomic E-state index is 11.8. The van der Waals surface area contributed by atoms with Crippen molar-refractivity contribution in [2.24, 2.45) is 0 Å². The highest BCUT2D eigenvalue weighted by molar-refractivity contribution is 14.1. The second kappa shape index (κ2) is 8.37. The van der Waals surface area contributed by atoms with Crippen LogP contribution in [0.2, 0.25) is 0 Å². The van der Waals surface area contributed by atoms with Gasteiger partial charge in [-0.3, -0.25) is 0 Å². The van der Waals surface area contributed by atoms with E-state index in [0.29, 0.717) is 22.4 Å². The lowest BCUT2D eigenvalue weighted by Crippen LogP contribution is -2.00. The first-order valence-electron chi connectivity index (χ1n) is 9.58. The van der Waals surface area contributed by atoms with Crippen LogP contribution in [0, 0.1) is 3.57 Å². The summed E-state index contributed by atoms with van der Waals surface area (Å²) in [6, 6.07) is 19.3. The van der Waals surface area contributed by atoms with Gasteiger partial charge in [-0.25, -0.2) is 9.78 Å². The number of pyridine rings is 1. The molecule has 0 bridgehead atoms. The third kappa shape index (κ3) is 4.19. The van der Waals surface area contributed by atoms with Crippen molar-refractivity contribution >= 4 is 39.5 Å². The minimum atomic E-state index is -0.977. The summed E-state index contributed by atoms with van der Waals surface area (Å²) < 4.78 is 6.99. The number of nitrogens with zero attached hydrogens (tertiary/aromatic N) is 1. The second-order valence-corrected chi connectivity index (χ2v) is 8.23. The Bertz CT molecular complexity index is 1180. The summed E-state index contributed by atoms with van der Waals surface area (Å²) in [5, 5.41) is 10.3. The number of benzene rings is 2. The number of unbranched alkanes of at least 4 members (excludes halogenated alkanes) is 1. The molecule has 0 saturated heterocycles. The standard InChI is InChI=1S/C24H20INO3/c1-2-3-4-15-5-7-16(8-6-15)22-11-12-23(29-22)21-14-19(24(27)28)18-13-17(25)9-10-20(18)26-21/h5-14H,2-4H2,1H3,(H,27,28). The van der Waals surface area contributed by atoms with Gasteiger partial charge in [-0.15, -0.1) is 0 Å². The van der Waals surface area contributed by atoms with Gasteiger partial charge in [-0.05, 0) is 77.4 Å². The van der Waals surface area contributed by atoms with Gasteiger partial charge in [-0.2, -0.15) is 0 Å². The van der Waals surface area contributed by atoms with Crippen molar-refractivity contribution in [3.8, 4) is 22.8 Å². The molecule has 4 aromatic rings. The number of carbonyl (C=O) groups is 1. The largest absolute Gasteiger partial charge is 0.478 e. The summed E-state index contributed by atoms with van der Waals surface area (Å²) >= 11 is 2.17. The van der Waals surface area contributed by atoms with Crippen molar-refractivity contribution < 1.29 is 14.3 Å². The lowest BCUT2D eigenvalue weighted by atomic mass is 10.1. The van der Waals surface area contributed by atoms with Crippen LogP contribution in [0.25, 0.3) is 33.7 Å². The van der Waals surface area contributed by atoms with Gasteiger partial charge in [0.1, 0.15) is 11.5 Å². The van der Waals surface area contributed by atoms with Crippen LogP contribution in [0.15, 0.2) is 65.1 Å². The van der Waals surface area contributed by atoms with E-state index >= 15 is 0 Å². The molecule has 0 amide bonds. The van der Waals surface area contributed by atoms with E-state index in [1.165, 1.54) is 18.4 Å². The normalized spacial score (nSPS) is 11.1. The zero-order chi connectivity index (χ0) is 20.4. The molecule has 5 heteroatoms. The van der Waals surface area contributed by atoms with Gasteiger partial charge in [0.2, 0.25) is 0 Å². The predicted molar refractivity (Wildman–Crippen MR) is 123 cm³/mol. The van der Waals surface area contributed by atoms with Crippen LogP contribution in [0.1, 0.15) is 35.7 Å². The highest BCUT2D eigenvalue weighted by Crippen LogP contribution is 2.31. The van der Waals surface area contributed by atoms with Gasteiger partial charge in [-0.1, -0.05) is 37.6 Å². The number of halogens is 1. The van der Waals surface area contributed by atoms with Crippen LogP contribution in [-0.4, -0.2) is 16.1 Å². The number of carboxylic acids is 1. The number of aromatic carboxylic acids is 1. The van der Waals surface area contributed by atoms with E-state index < -0.39 is 5.97 Å². The van der Waals surface area contributed by atoms with Gasteiger partial charge >= 0.3 is 5.97 Å². The molecule has 4 rings (SSSR count). The van der Waals surface area contributed by atoms with Crippen molar-refractivity contribution in [2.75, 3.05) is 0 Å². The van der Waals surface area contributed by atoms with Crippen molar-refractivity contribution in [1.29, 1.82) is 0 Å². The topological polar surface area (TPSA) is 63.3 Å². The molecule has 0 atom stereocenters. The van der Waals surface area contributed by atoms with Crippen LogP contribution in [0.4, 0.5) is 0 Å². The van der Waals surface area contributed by atoms with E-state index in [0.717, 1.165) is 21.3 Å². The average Bonchev–Trinajstić information content (AvgIpc) is 3.22. The minimum absolute atomic E-state index is 0.224. The number of rotatable bonds is 6. The molecule has 0 unspecified atom stereocenters. The highest BCUT2D eigenvalue weighted by atomic mass is 127. The molecular formula is C24H20INO3. The van der Waals surface area contributed by atoms with Gasteiger partial charge in [0.05, 0.1) is 11.1 Å². The average molecular weight is 497 g/mol. The summed E-state index contributed by atoms with van der Waals surface area (Å²) in [5.41, 5.74) is 3.69. The van der Waals surface area contributed by atoms with Crippen LogP contribution < -0.4 is 0 Å². The van der Waals surface area contributed by atoms with E-state index in [4.69, 9.17) is 4.42 Å². The van der Waals surface area contributed by atoms with Gasteiger partial charge < -0.3 is 9.52 Å². The molecule has 0 saturated carbocycles. The summed E-state index contributed by atoms with van der Waals surface area (Å²) in [5.74, 6) is 0.316. The maximum absolute atomic E-state index is 11.8. The lowest BCUT2D eigenvalue weighted by molar-refractivity contribution is 0.0699. The van der Waals surface area contributed by atoms with Crippen LogP contribution >= 0.6 is 22.6 Å². The third-order valence-electron chi connectivity index (χ3n) is 4.92. The number of carboxylic acid groups (broad SMARTS) is 1. The van der Waals surface area contributed by atoms with Gasteiger partial charge in [0, 0.05) is 14.5 Å². The minimum Gasteiger partial charge on any atom is -0.478 e. The molecule has 1 N–H and O–H groups in total. The van der Waals surface area contributed by atoms with Crippen LogP contribution in [-0.2, 0) is 6.42 Å². The Kier molecular flexibility index (Phi) is 5.67. The Morgan fingerprint density at radius 1 is 1.03 bits per heavy atom.